The van der Waals surface area contributed by atoms with E-state index in [0.717, 1.165) is 54.2 Å². The van der Waals surface area contributed by atoms with E-state index in [1.807, 2.05) is 31.2 Å². The maximum atomic E-state index is 12.9. The first kappa shape index (κ1) is 20.1. The summed E-state index contributed by atoms with van der Waals surface area (Å²) in [6.45, 7) is 5.34. The zero-order valence-corrected chi connectivity index (χ0v) is 17.7. The molecule has 2 heterocycles. The number of piperidine rings is 1. The Kier molecular flexibility index (Phi) is 6.34. The summed E-state index contributed by atoms with van der Waals surface area (Å²) >= 11 is 0. The lowest BCUT2D eigenvalue weighted by Crippen LogP contribution is -2.46. The van der Waals surface area contributed by atoms with Gasteiger partial charge in [0, 0.05) is 37.1 Å². The quantitative estimate of drug-likeness (QED) is 0.819. The topological polar surface area (TPSA) is 54.5 Å². The first-order valence-corrected chi connectivity index (χ1v) is 11.1. The van der Waals surface area contributed by atoms with E-state index in [4.69, 9.17) is 4.74 Å². The maximum absolute atomic E-state index is 12.9. The highest BCUT2D eigenvalue weighted by Gasteiger charge is 2.24. The lowest BCUT2D eigenvalue weighted by atomic mass is 9.88. The Hall–Kier alpha value is -2.14. The second-order valence-electron chi connectivity index (χ2n) is 8.73. The molecule has 0 atom stereocenters. The van der Waals surface area contributed by atoms with Gasteiger partial charge < -0.3 is 15.0 Å². The van der Waals surface area contributed by atoms with Crippen molar-refractivity contribution in [1.82, 2.24) is 15.2 Å². The van der Waals surface area contributed by atoms with Gasteiger partial charge in [0.15, 0.2) is 0 Å². The van der Waals surface area contributed by atoms with E-state index in [-0.39, 0.29) is 11.9 Å². The molecule has 0 spiro atoms. The van der Waals surface area contributed by atoms with Crippen molar-refractivity contribution in [2.75, 3.05) is 26.7 Å². The molecule has 2 aromatic rings. The van der Waals surface area contributed by atoms with E-state index in [1.54, 1.807) is 7.11 Å². The Balaban J connectivity index is 1.34. The van der Waals surface area contributed by atoms with Gasteiger partial charge in [-0.2, -0.15) is 0 Å². The SMILES string of the molecule is COc1ccc2cc(C(=O)NC3CCN(CC4CCCCC4)CC3)c(C)nc2c1. The number of pyridine rings is 1. The number of aromatic nitrogens is 1. The van der Waals surface area contributed by atoms with Gasteiger partial charge in [0.1, 0.15) is 5.75 Å². The molecule has 29 heavy (non-hydrogen) atoms. The number of ether oxygens (including phenoxy) is 1. The summed E-state index contributed by atoms with van der Waals surface area (Å²) in [5.41, 5.74) is 2.29. The van der Waals surface area contributed by atoms with Gasteiger partial charge in [-0.25, -0.2) is 0 Å². The molecule has 156 valence electrons. The van der Waals surface area contributed by atoms with Gasteiger partial charge in [-0.3, -0.25) is 9.78 Å². The van der Waals surface area contributed by atoms with Crippen molar-refractivity contribution in [2.45, 2.75) is 57.9 Å². The zero-order chi connectivity index (χ0) is 20.2. The standard InChI is InChI=1S/C24H33N3O2/c1-17-22(14-19-8-9-21(29-2)15-23(19)25-17)24(28)26-20-10-12-27(13-11-20)16-18-6-4-3-5-7-18/h8-9,14-15,18,20H,3-7,10-13,16H2,1-2H3,(H,26,28). The van der Waals surface area contributed by atoms with Gasteiger partial charge >= 0.3 is 0 Å². The van der Waals surface area contributed by atoms with Gasteiger partial charge in [-0.15, -0.1) is 0 Å². The molecule has 4 rings (SSSR count). The number of carbonyl (C=O) groups is 1. The number of amides is 1. The maximum Gasteiger partial charge on any atom is 0.253 e. The van der Waals surface area contributed by atoms with Crippen molar-refractivity contribution in [3.05, 3.63) is 35.5 Å². The molecule has 1 saturated heterocycles. The van der Waals surface area contributed by atoms with Crippen LogP contribution in [0.1, 0.15) is 61.0 Å². The minimum absolute atomic E-state index is 0.00144. The Morgan fingerprint density at radius 2 is 1.90 bits per heavy atom. The van der Waals surface area contributed by atoms with E-state index in [0.29, 0.717) is 5.56 Å². The van der Waals surface area contributed by atoms with Crippen LogP contribution in [0.25, 0.3) is 10.9 Å². The van der Waals surface area contributed by atoms with Crippen LogP contribution >= 0.6 is 0 Å². The highest BCUT2D eigenvalue weighted by molar-refractivity contribution is 5.98. The highest BCUT2D eigenvalue weighted by atomic mass is 16.5. The summed E-state index contributed by atoms with van der Waals surface area (Å²) in [6.07, 6.45) is 9.10. The number of nitrogens with zero attached hydrogens (tertiary/aromatic N) is 2. The molecule has 0 unspecified atom stereocenters. The van der Waals surface area contributed by atoms with Gasteiger partial charge in [0.05, 0.1) is 23.9 Å². The number of nitrogens with one attached hydrogen (secondary N) is 1. The minimum atomic E-state index is -0.00144. The third-order valence-electron chi connectivity index (χ3n) is 6.62. The monoisotopic (exact) mass is 395 g/mol. The molecular weight excluding hydrogens is 362 g/mol. The number of carbonyl (C=O) groups excluding carboxylic acids is 1. The van der Waals surface area contributed by atoms with Crippen LogP contribution in [0.4, 0.5) is 0 Å². The normalized spacial score (nSPS) is 19.4. The number of fused-ring (bicyclic) bond motifs is 1. The number of aryl methyl sites for hydroxylation is 1. The van der Waals surface area contributed by atoms with Crippen molar-refractivity contribution in [3.8, 4) is 5.75 Å². The first-order valence-electron chi connectivity index (χ1n) is 11.1. The minimum Gasteiger partial charge on any atom is -0.497 e. The van der Waals surface area contributed by atoms with Crippen LogP contribution in [0.2, 0.25) is 0 Å². The molecule has 1 aliphatic heterocycles. The predicted molar refractivity (Wildman–Crippen MR) is 117 cm³/mol. The van der Waals surface area contributed by atoms with Crippen molar-refractivity contribution < 1.29 is 9.53 Å². The molecule has 1 N–H and O–H groups in total. The molecule has 0 radical (unpaired) electrons. The van der Waals surface area contributed by atoms with Gasteiger partial charge in [-0.05, 0) is 56.7 Å². The third-order valence-corrected chi connectivity index (χ3v) is 6.62. The summed E-state index contributed by atoms with van der Waals surface area (Å²) in [5.74, 6) is 1.67. The van der Waals surface area contributed by atoms with Crippen LogP contribution in [-0.2, 0) is 0 Å². The number of methoxy groups -OCH3 is 1. The Bertz CT molecular complexity index is 853. The highest BCUT2D eigenvalue weighted by Crippen LogP contribution is 2.26. The summed E-state index contributed by atoms with van der Waals surface area (Å²) < 4.78 is 5.27. The fourth-order valence-electron chi connectivity index (χ4n) is 4.86. The third kappa shape index (κ3) is 4.89. The van der Waals surface area contributed by atoms with Gasteiger partial charge in [0.25, 0.3) is 5.91 Å². The molecule has 5 nitrogen and oxygen atoms in total. The molecule has 1 saturated carbocycles. The number of hydrogen-bond acceptors (Lipinski definition) is 4. The number of hydrogen-bond donors (Lipinski definition) is 1. The van der Waals surface area contributed by atoms with Crippen LogP contribution in [-0.4, -0.2) is 48.6 Å². The second kappa shape index (κ2) is 9.12. The van der Waals surface area contributed by atoms with E-state index in [9.17, 15) is 4.79 Å². The average Bonchev–Trinajstić information content (AvgIpc) is 2.75. The van der Waals surface area contributed by atoms with E-state index in [2.05, 4.69) is 15.2 Å². The van der Waals surface area contributed by atoms with Crippen molar-refractivity contribution in [3.63, 3.8) is 0 Å². The number of likely N-dealkylation sites (tertiary alicyclic amines) is 1. The zero-order valence-electron chi connectivity index (χ0n) is 17.7. The Morgan fingerprint density at radius 3 is 2.62 bits per heavy atom. The molecule has 1 aromatic carbocycles. The van der Waals surface area contributed by atoms with Gasteiger partial charge in [0.2, 0.25) is 0 Å². The lowest BCUT2D eigenvalue weighted by Gasteiger charge is -2.35. The summed E-state index contributed by atoms with van der Waals surface area (Å²) in [5, 5.41) is 4.22. The lowest BCUT2D eigenvalue weighted by molar-refractivity contribution is 0.0900. The van der Waals surface area contributed by atoms with Crippen LogP contribution < -0.4 is 10.1 Å². The number of benzene rings is 1. The molecule has 0 bridgehead atoms. The molecule has 2 aliphatic rings. The van der Waals surface area contributed by atoms with E-state index < -0.39 is 0 Å². The molecule has 2 fully saturated rings. The second-order valence-corrected chi connectivity index (χ2v) is 8.73. The fraction of sp³-hybridized carbons (Fsp3) is 0.583. The largest absolute Gasteiger partial charge is 0.497 e. The van der Waals surface area contributed by atoms with Crippen LogP contribution in [0, 0.1) is 12.8 Å². The van der Waals surface area contributed by atoms with Gasteiger partial charge in [-0.1, -0.05) is 19.3 Å². The molecule has 1 aromatic heterocycles. The Labute approximate surface area is 173 Å². The van der Waals surface area contributed by atoms with Crippen LogP contribution in [0.3, 0.4) is 0 Å². The van der Waals surface area contributed by atoms with Crippen molar-refractivity contribution >= 4 is 16.8 Å². The van der Waals surface area contributed by atoms with Crippen LogP contribution in [0.5, 0.6) is 5.75 Å². The molecule has 1 aliphatic carbocycles. The predicted octanol–water partition coefficient (Wildman–Crippen LogP) is 4.33. The first-order chi connectivity index (χ1) is 14.1. The Morgan fingerprint density at radius 1 is 1.14 bits per heavy atom. The summed E-state index contributed by atoms with van der Waals surface area (Å²) in [6, 6.07) is 7.98. The average molecular weight is 396 g/mol. The molecule has 5 heteroatoms. The fourth-order valence-corrected chi connectivity index (χ4v) is 4.86. The summed E-state index contributed by atoms with van der Waals surface area (Å²) in [7, 11) is 1.65. The van der Waals surface area contributed by atoms with E-state index >= 15 is 0 Å². The smallest absolute Gasteiger partial charge is 0.253 e. The molecular formula is C24H33N3O2. The molecule has 1 amide bonds. The van der Waals surface area contributed by atoms with E-state index in [1.165, 1.54) is 38.6 Å². The van der Waals surface area contributed by atoms with Crippen molar-refractivity contribution in [1.29, 1.82) is 0 Å². The summed E-state index contributed by atoms with van der Waals surface area (Å²) in [4.78, 5) is 20.1. The van der Waals surface area contributed by atoms with Crippen LogP contribution in [0.15, 0.2) is 24.3 Å². The van der Waals surface area contributed by atoms with Crippen molar-refractivity contribution in [2.24, 2.45) is 5.92 Å². The number of rotatable bonds is 5.